The number of carbonyl (C=O) groups excluding carboxylic acids is 2. The highest BCUT2D eigenvalue weighted by molar-refractivity contribution is 5.94. The van der Waals surface area contributed by atoms with Gasteiger partial charge in [0.1, 0.15) is 0 Å². The van der Waals surface area contributed by atoms with Crippen molar-refractivity contribution in [1.29, 1.82) is 0 Å². The Morgan fingerprint density at radius 3 is 2.73 bits per heavy atom. The Kier molecular flexibility index (Phi) is 5.17. The fraction of sp³-hybridized carbons (Fsp3) is 0.632. The molecule has 7 heteroatoms. The van der Waals surface area contributed by atoms with Crippen LogP contribution in [-0.2, 0) is 14.3 Å². The van der Waals surface area contributed by atoms with Crippen LogP contribution in [-0.4, -0.2) is 79.2 Å². The largest absolute Gasteiger partial charge is 0.381 e. The van der Waals surface area contributed by atoms with Crippen LogP contribution in [0.3, 0.4) is 0 Å². The fourth-order valence-corrected chi connectivity index (χ4v) is 4.32. The summed E-state index contributed by atoms with van der Waals surface area (Å²) in [6.45, 7) is 5.25. The molecule has 3 fully saturated rings. The van der Waals surface area contributed by atoms with Gasteiger partial charge in [-0.2, -0.15) is 0 Å². The van der Waals surface area contributed by atoms with Crippen molar-refractivity contribution in [2.75, 3.05) is 52.6 Å². The predicted octanol–water partition coefficient (Wildman–Crippen LogP) is 0.665. The summed E-state index contributed by atoms with van der Waals surface area (Å²) in [6, 6.07) is 3.58. The summed E-state index contributed by atoms with van der Waals surface area (Å²) in [5.74, 6) is 1.02. The van der Waals surface area contributed by atoms with E-state index in [4.69, 9.17) is 9.47 Å². The van der Waals surface area contributed by atoms with Gasteiger partial charge in [0.2, 0.25) is 5.91 Å². The Bertz CT molecular complexity index is 647. The monoisotopic (exact) mass is 359 g/mol. The lowest BCUT2D eigenvalue weighted by Crippen LogP contribution is -2.44. The first kappa shape index (κ1) is 17.4. The van der Waals surface area contributed by atoms with Gasteiger partial charge in [-0.25, -0.2) is 0 Å². The molecule has 26 heavy (non-hydrogen) atoms. The van der Waals surface area contributed by atoms with E-state index in [0.717, 1.165) is 0 Å². The number of fused-ring (bicyclic) bond motifs is 1. The highest BCUT2D eigenvalue weighted by atomic mass is 16.5. The van der Waals surface area contributed by atoms with Gasteiger partial charge in [-0.05, 0) is 24.0 Å². The third kappa shape index (κ3) is 3.59. The van der Waals surface area contributed by atoms with Gasteiger partial charge in [0, 0.05) is 50.9 Å². The van der Waals surface area contributed by atoms with Crippen LogP contribution in [0.15, 0.2) is 24.5 Å². The molecule has 0 aromatic carbocycles. The Labute approximate surface area is 153 Å². The Balaban J connectivity index is 1.40. The summed E-state index contributed by atoms with van der Waals surface area (Å²) in [6.07, 6.45) is 3.78. The van der Waals surface area contributed by atoms with Crippen molar-refractivity contribution in [1.82, 2.24) is 14.8 Å². The molecule has 2 amide bonds. The van der Waals surface area contributed by atoms with Crippen LogP contribution in [0.1, 0.15) is 16.8 Å². The Morgan fingerprint density at radius 2 is 1.96 bits per heavy atom. The zero-order chi connectivity index (χ0) is 17.9. The van der Waals surface area contributed by atoms with Crippen LogP contribution < -0.4 is 0 Å². The molecule has 4 heterocycles. The summed E-state index contributed by atoms with van der Waals surface area (Å²) in [5, 5.41) is 0. The van der Waals surface area contributed by atoms with Gasteiger partial charge < -0.3 is 19.3 Å². The maximum Gasteiger partial charge on any atom is 0.255 e. The van der Waals surface area contributed by atoms with E-state index >= 15 is 0 Å². The molecule has 3 aliphatic rings. The summed E-state index contributed by atoms with van der Waals surface area (Å²) >= 11 is 0. The number of likely N-dealkylation sites (tertiary alicyclic amines) is 1. The summed E-state index contributed by atoms with van der Waals surface area (Å²) < 4.78 is 11.1. The topological polar surface area (TPSA) is 72.0 Å². The summed E-state index contributed by atoms with van der Waals surface area (Å²) in [5.41, 5.74) is 0.619. The maximum absolute atomic E-state index is 12.7. The molecule has 1 aromatic rings. The van der Waals surface area contributed by atoms with Crippen LogP contribution in [0.25, 0.3) is 0 Å². The number of morpholine rings is 1. The van der Waals surface area contributed by atoms with Crippen molar-refractivity contribution in [2.24, 2.45) is 17.8 Å². The SMILES string of the molecule is O=C(C[C@@H]1COC[C@H]2CN(C(=O)c3cccnc3)C[C@@H]12)N1CCOCC1. The van der Waals surface area contributed by atoms with Crippen molar-refractivity contribution in [3.8, 4) is 0 Å². The molecule has 1 aromatic heterocycles. The molecule has 0 unspecified atom stereocenters. The predicted molar refractivity (Wildman–Crippen MR) is 93.4 cm³/mol. The normalized spacial score (nSPS) is 28.7. The number of carbonyl (C=O) groups is 2. The van der Waals surface area contributed by atoms with E-state index in [2.05, 4.69) is 4.98 Å². The Morgan fingerprint density at radius 1 is 1.12 bits per heavy atom. The van der Waals surface area contributed by atoms with E-state index in [-0.39, 0.29) is 17.7 Å². The van der Waals surface area contributed by atoms with Crippen molar-refractivity contribution in [3.63, 3.8) is 0 Å². The van der Waals surface area contributed by atoms with Gasteiger partial charge in [0.05, 0.1) is 32.0 Å². The minimum Gasteiger partial charge on any atom is -0.381 e. The highest BCUT2D eigenvalue weighted by Gasteiger charge is 2.43. The highest BCUT2D eigenvalue weighted by Crippen LogP contribution is 2.36. The molecular formula is C19H25N3O4. The number of rotatable bonds is 3. The van der Waals surface area contributed by atoms with Crippen LogP contribution in [0.4, 0.5) is 0 Å². The molecule has 0 spiro atoms. The molecule has 3 aliphatic heterocycles. The molecule has 140 valence electrons. The number of amides is 2. The van der Waals surface area contributed by atoms with Gasteiger partial charge in [-0.15, -0.1) is 0 Å². The summed E-state index contributed by atoms with van der Waals surface area (Å²) in [7, 11) is 0. The standard InChI is InChI=1S/C19H25N3O4/c23-18(21-4-6-25-7-5-21)8-15-12-26-13-16-10-22(11-17(15)16)19(24)14-2-1-3-20-9-14/h1-3,9,15-17H,4-8,10-13H2/t15-,16-,17+/m1/s1. The van der Waals surface area contributed by atoms with Gasteiger partial charge >= 0.3 is 0 Å². The number of pyridine rings is 1. The quantitative estimate of drug-likeness (QED) is 0.793. The van der Waals surface area contributed by atoms with Crippen LogP contribution in [0.5, 0.6) is 0 Å². The van der Waals surface area contributed by atoms with Crippen molar-refractivity contribution in [3.05, 3.63) is 30.1 Å². The molecule has 0 N–H and O–H groups in total. The van der Waals surface area contributed by atoms with Crippen molar-refractivity contribution in [2.45, 2.75) is 6.42 Å². The molecule has 7 nitrogen and oxygen atoms in total. The number of hydrogen-bond donors (Lipinski definition) is 0. The third-order valence-corrected chi connectivity index (χ3v) is 5.76. The lowest BCUT2D eigenvalue weighted by atomic mass is 9.81. The number of nitrogens with zero attached hydrogens (tertiary/aromatic N) is 3. The smallest absolute Gasteiger partial charge is 0.255 e. The lowest BCUT2D eigenvalue weighted by Gasteiger charge is -2.34. The first-order valence-electron chi connectivity index (χ1n) is 9.35. The maximum atomic E-state index is 12.7. The number of ether oxygens (including phenoxy) is 2. The second-order valence-electron chi connectivity index (χ2n) is 7.37. The van der Waals surface area contributed by atoms with E-state index in [0.29, 0.717) is 76.4 Å². The second-order valence-corrected chi connectivity index (χ2v) is 7.37. The van der Waals surface area contributed by atoms with Crippen LogP contribution >= 0.6 is 0 Å². The first-order valence-corrected chi connectivity index (χ1v) is 9.35. The number of aromatic nitrogens is 1. The number of hydrogen-bond acceptors (Lipinski definition) is 5. The average molecular weight is 359 g/mol. The van der Waals surface area contributed by atoms with Gasteiger partial charge in [-0.3, -0.25) is 14.6 Å². The average Bonchev–Trinajstić information content (AvgIpc) is 3.14. The molecular weight excluding hydrogens is 334 g/mol. The minimum atomic E-state index is 0.0192. The zero-order valence-electron chi connectivity index (χ0n) is 14.9. The molecule has 0 bridgehead atoms. The zero-order valence-corrected chi connectivity index (χ0v) is 14.9. The molecule has 3 saturated heterocycles. The Hall–Kier alpha value is -1.99. The van der Waals surface area contributed by atoms with E-state index in [1.165, 1.54) is 0 Å². The van der Waals surface area contributed by atoms with E-state index in [1.807, 2.05) is 9.80 Å². The fourth-order valence-electron chi connectivity index (χ4n) is 4.32. The van der Waals surface area contributed by atoms with E-state index in [1.54, 1.807) is 24.5 Å². The van der Waals surface area contributed by atoms with Gasteiger partial charge in [-0.1, -0.05) is 0 Å². The lowest BCUT2D eigenvalue weighted by molar-refractivity contribution is -0.138. The molecule has 3 atom stereocenters. The molecule has 0 radical (unpaired) electrons. The van der Waals surface area contributed by atoms with Crippen molar-refractivity contribution < 1.29 is 19.1 Å². The van der Waals surface area contributed by atoms with E-state index in [9.17, 15) is 9.59 Å². The molecule has 4 rings (SSSR count). The molecule has 0 saturated carbocycles. The first-order chi connectivity index (χ1) is 12.7. The minimum absolute atomic E-state index is 0.0192. The van der Waals surface area contributed by atoms with E-state index < -0.39 is 0 Å². The van der Waals surface area contributed by atoms with Crippen LogP contribution in [0.2, 0.25) is 0 Å². The van der Waals surface area contributed by atoms with Gasteiger partial charge in [0.25, 0.3) is 5.91 Å². The second kappa shape index (κ2) is 7.72. The summed E-state index contributed by atoms with van der Waals surface area (Å²) in [4.78, 5) is 33.2. The van der Waals surface area contributed by atoms with Gasteiger partial charge in [0.15, 0.2) is 0 Å². The van der Waals surface area contributed by atoms with Crippen LogP contribution in [0, 0.1) is 17.8 Å². The third-order valence-electron chi connectivity index (χ3n) is 5.76. The van der Waals surface area contributed by atoms with Crippen molar-refractivity contribution >= 4 is 11.8 Å². The molecule has 0 aliphatic carbocycles.